The molecule has 0 aliphatic heterocycles. The molecule has 2 aliphatic carbocycles. The predicted octanol–water partition coefficient (Wildman–Crippen LogP) is 1.78. The Morgan fingerprint density at radius 3 is 2.52 bits per heavy atom. The van der Waals surface area contributed by atoms with Crippen molar-refractivity contribution in [2.45, 2.75) is 13.3 Å². The fourth-order valence-electron chi connectivity index (χ4n) is 3.50. The van der Waals surface area contributed by atoms with E-state index in [2.05, 4.69) is 5.32 Å². The van der Waals surface area contributed by atoms with Crippen LogP contribution in [0.1, 0.15) is 12.0 Å². The lowest BCUT2D eigenvalue weighted by molar-refractivity contribution is -0.313. The number of aliphatic carboxylic acids is 1. The molecule has 0 spiro atoms. The summed E-state index contributed by atoms with van der Waals surface area (Å²) in [5.41, 5.74) is 1.40. The number of carboxylic acids is 1. The van der Waals surface area contributed by atoms with Crippen molar-refractivity contribution >= 4 is 29.2 Å². The summed E-state index contributed by atoms with van der Waals surface area (Å²) >= 11 is 6.10. The molecule has 0 radical (unpaired) electrons. The average Bonchev–Trinajstić information content (AvgIpc) is 3.03. The van der Waals surface area contributed by atoms with Gasteiger partial charge in [0, 0.05) is 11.9 Å². The number of rotatable bonds is 3. The summed E-state index contributed by atoms with van der Waals surface area (Å²) in [5.74, 6) is -2.90. The Morgan fingerprint density at radius 1 is 1.24 bits per heavy atom. The molecule has 2 bridgehead atoms. The Kier molecular flexibility index (Phi) is 3.49. The maximum Gasteiger partial charge on any atom is 0.228 e. The molecule has 21 heavy (non-hydrogen) atoms. The van der Waals surface area contributed by atoms with Crippen molar-refractivity contribution in [3.8, 4) is 0 Å². The number of anilines is 1. The third-order valence-electron chi connectivity index (χ3n) is 4.50. The van der Waals surface area contributed by atoms with Crippen LogP contribution in [0.15, 0.2) is 30.4 Å². The van der Waals surface area contributed by atoms with Crippen LogP contribution in [0.3, 0.4) is 0 Å². The van der Waals surface area contributed by atoms with E-state index in [1.54, 1.807) is 12.1 Å². The lowest BCUT2D eigenvalue weighted by Crippen LogP contribution is -2.43. The third kappa shape index (κ3) is 2.33. The summed E-state index contributed by atoms with van der Waals surface area (Å²) in [6.45, 7) is 1.85. The summed E-state index contributed by atoms with van der Waals surface area (Å²) in [6.07, 6.45) is 4.53. The third-order valence-corrected chi connectivity index (χ3v) is 4.82. The Balaban J connectivity index is 1.85. The number of allylic oxidation sites excluding steroid dienone is 2. The van der Waals surface area contributed by atoms with Crippen LogP contribution < -0.4 is 10.4 Å². The molecule has 0 aromatic heterocycles. The minimum atomic E-state index is -1.15. The van der Waals surface area contributed by atoms with Crippen molar-refractivity contribution in [3.63, 3.8) is 0 Å². The molecule has 1 saturated carbocycles. The maximum atomic E-state index is 12.5. The van der Waals surface area contributed by atoms with Gasteiger partial charge >= 0.3 is 0 Å². The highest BCUT2D eigenvalue weighted by atomic mass is 35.5. The minimum absolute atomic E-state index is 0.0271. The predicted molar refractivity (Wildman–Crippen MR) is 77.5 cm³/mol. The van der Waals surface area contributed by atoms with Gasteiger partial charge in [-0.25, -0.2) is 0 Å². The standard InChI is InChI=1S/C16H16ClNO3/c1-8-3-2-4-11(17)14(8)18-15(19)12-9-5-6-10(7-9)13(12)16(20)21/h2-6,9-10,12-13H,7H2,1H3,(H,18,19)(H,20,21)/p-1/t9-,10+,12-,13+/m1/s1. The van der Waals surface area contributed by atoms with E-state index >= 15 is 0 Å². The van der Waals surface area contributed by atoms with Gasteiger partial charge in [-0.15, -0.1) is 0 Å². The van der Waals surface area contributed by atoms with Crippen molar-refractivity contribution in [2.75, 3.05) is 5.32 Å². The second-order valence-electron chi connectivity index (χ2n) is 5.74. The van der Waals surface area contributed by atoms with Crippen molar-refractivity contribution in [1.82, 2.24) is 0 Å². The van der Waals surface area contributed by atoms with E-state index < -0.39 is 17.8 Å². The van der Waals surface area contributed by atoms with Crippen molar-refractivity contribution < 1.29 is 14.7 Å². The first-order chi connectivity index (χ1) is 9.99. The molecule has 0 heterocycles. The normalized spacial score (nSPS) is 29.6. The minimum Gasteiger partial charge on any atom is -0.550 e. The molecule has 1 fully saturated rings. The number of amides is 1. The number of aryl methyl sites for hydroxylation is 1. The van der Waals surface area contributed by atoms with Gasteiger partial charge in [-0.2, -0.15) is 0 Å². The first-order valence-electron chi connectivity index (χ1n) is 6.94. The Bertz CT molecular complexity index is 620. The topological polar surface area (TPSA) is 69.2 Å². The fourth-order valence-corrected chi connectivity index (χ4v) is 3.77. The molecular formula is C16H15ClNO3-. The highest BCUT2D eigenvalue weighted by Gasteiger charge is 2.48. The van der Waals surface area contributed by atoms with Crippen LogP contribution in [-0.4, -0.2) is 11.9 Å². The molecular weight excluding hydrogens is 290 g/mol. The highest BCUT2D eigenvalue weighted by molar-refractivity contribution is 6.34. The van der Waals surface area contributed by atoms with Gasteiger partial charge in [-0.3, -0.25) is 4.79 Å². The molecule has 0 saturated heterocycles. The lowest BCUT2D eigenvalue weighted by Gasteiger charge is -2.28. The van der Waals surface area contributed by atoms with Crippen LogP contribution >= 0.6 is 11.6 Å². The van der Waals surface area contributed by atoms with Gasteiger partial charge < -0.3 is 15.2 Å². The van der Waals surface area contributed by atoms with E-state index in [0.29, 0.717) is 17.1 Å². The maximum absolute atomic E-state index is 12.5. The smallest absolute Gasteiger partial charge is 0.228 e. The average molecular weight is 305 g/mol. The molecule has 2 aliphatic rings. The number of halogens is 1. The Morgan fingerprint density at radius 2 is 1.90 bits per heavy atom. The van der Waals surface area contributed by atoms with Crippen molar-refractivity contribution in [3.05, 3.63) is 40.9 Å². The number of hydrogen-bond donors (Lipinski definition) is 1. The summed E-state index contributed by atoms with van der Waals surface area (Å²) < 4.78 is 0. The van der Waals surface area contributed by atoms with E-state index in [0.717, 1.165) is 5.56 Å². The second kappa shape index (κ2) is 5.19. The number of carbonyl (C=O) groups is 2. The Hall–Kier alpha value is -1.81. The van der Waals surface area contributed by atoms with Gasteiger partial charge in [-0.1, -0.05) is 35.9 Å². The molecule has 1 aromatic carbocycles. The molecule has 1 aromatic rings. The molecule has 1 amide bonds. The monoisotopic (exact) mass is 304 g/mol. The van der Waals surface area contributed by atoms with Gasteiger partial charge in [0.2, 0.25) is 5.91 Å². The van der Waals surface area contributed by atoms with Crippen LogP contribution in [0, 0.1) is 30.6 Å². The van der Waals surface area contributed by atoms with E-state index in [9.17, 15) is 14.7 Å². The largest absolute Gasteiger partial charge is 0.550 e. The van der Waals surface area contributed by atoms with Crippen molar-refractivity contribution in [2.24, 2.45) is 23.7 Å². The SMILES string of the molecule is Cc1cccc(Cl)c1NC(=O)[C@H]1[C@@H](C(=O)[O-])[C@H]2C=C[C@@H]1C2. The number of para-hydroxylation sites is 1. The molecule has 4 nitrogen and oxygen atoms in total. The molecule has 110 valence electrons. The second-order valence-corrected chi connectivity index (χ2v) is 6.15. The summed E-state index contributed by atoms with van der Waals surface area (Å²) in [4.78, 5) is 23.9. The van der Waals surface area contributed by atoms with Gasteiger partial charge in [0.05, 0.1) is 16.6 Å². The number of carbonyl (C=O) groups excluding carboxylic acids is 2. The molecule has 1 N–H and O–H groups in total. The van der Waals surface area contributed by atoms with Gasteiger partial charge in [-0.05, 0) is 36.8 Å². The van der Waals surface area contributed by atoms with E-state index in [-0.39, 0.29) is 17.7 Å². The van der Waals surface area contributed by atoms with Gasteiger partial charge in [0.1, 0.15) is 0 Å². The number of hydrogen-bond acceptors (Lipinski definition) is 3. The molecule has 0 unspecified atom stereocenters. The summed E-state index contributed by atoms with van der Waals surface area (Å²) in [7, 11) is 0. The molecule has 4 atom stereocenters. The van der Waals surface area contributed by atoms with Crippen LogP contribution in [0.2, 0.25) is 5.02 Å². The molecule has 3 rings (SSSR count). The Labute approximate surface area is 127 Å². The van der Waals surface area contributed by atoms with Crippen LogP contribution in [0.4, 0.5) is 5.69 Å². The highest BCUT2D eigenvalue weighted by Crippen LogP contribution is 2.48. The van der Waals surface area contributed by atoms with Crippen LogP contribution in [-0.2, 0) is 9.59 Å². The van der Waals surface area contributed by atoms with E-state index in [1.807, 2.05) is 25.1 Å². The van der Waals surface area contributed by atoms with Crippen LogP contribution in [0.25, 0.3) is 0 Å². The number of carboxylic acid groups (broad SMARTS) is 1. The van der Waals surface area contributed by atoms with Crippen LogP contribution in [0.5, 0.6) is 0 Å². The summed E-state index contributed by atoms with van der Waals surface area (Å²) in [5, 5.41) is 14.6. The number of nitrogens with one attached hydrogen (secondary N) is 1. The van der Waals surface area contributed by atoms with Crippen molar-refractivity contribution in [1.29, 1.82) is 0 Å². The number of fused-ring (bicyclic) bond motifs is 2. The zero-order valence-corrected chi connectivity index (χ0v) is 12.3. The lowest BCUT2D eigenvalue weighted by atomic mass is 9.82. The zero-order chi connectivity index (χ0) is 15.1. The first kappa shape index (κ1) is 14.1. The van der Waals surface area contributed by atoms with Gasteiger partial charge in [0.15, 0.2) is 0 Å². The summed E-state index contributed by atoms with van der Waals surface area (Å²) in [6, 6.07) is 5.34. The van der Waals surface area contributed by atoms with Gasteiger partial charge in [0.25, 0.3) is 0 Å². The number of benzene rings is 1. The van der Waals surface area contributed by atoms with E-state index in [4.69, 9.17) is 11.6 Å². The first-order valence-corrected chi connectivity index (χ1v) is 7.32. The zero-order valence-electron chi connectivity index (χ0n) is 11.5. The quantitative estimate of drug-likeness (QED) is 0.865. The molecule has 5 heteroatoms. The van der Waals surface area contributed by atoms with E-state index in [1.165, 1.54) is 0 Å². The fraction of sp³-hybridized carbons (Fsp3) is 0.375.